The first-order chi connectivity index (χ1) is 6.56. The van der Waals surface area contributed by atoms with Crippen LogP contribution in [0.5, 0.6) is 0 Å². The number of carbonyl (C=O) groups excluding carboxylic acids is 2. The van der Waals surface area contributed by atoms with Gasteiger partial charge in [0.25, 0.3) is 0 Å². The molecule has 1 aliphatic heterocycles. The molecule has 4 nitrogen and oxygen atoms in total. The molecule has 1 atom stereocenters. The zero-order valence-electron chi connectivity index (χ0n) is 8.74. The predicted molar refractivity (Wildman–Crippen MR) is 51.3 cm³/mol. The topological polar surface area (TPSA) is 46.6 Å². The van der Waals surface area contributed by atoms with Crippen LogP contribution in [0.4, 0.5) is 0 Å². The quantitative estimate of drug-likeness (QED) is 0.636. The van der Waals surface area contributed by atoms with Crippen LogP contribution in [0.3, 0.4) is 0 Å². The van der Waals surface area contributed by atoms with Gasteiger partial charge in [0.1, 0.15) is 0 Å². The maximum atomic E-state index is 11.2. The molecule has 0 aromatic carbocycles. The van der Waals surface area contributed by atoms with Gasteiger partial charge in [0.2, 0.25) is 5.91 Å². The van der Waals surface area contributed by atoms with Crippen LogP contribution in [0.15, 0.2) is 11.6 Å². The molecule has 0 N–H and O–H groups in total. The first-order valence-corrected chi connectivity index (χ1v) is 4.70. The highest BCUT2D eigenvalue weighted by Crippen LogP contribution is 2.18. The Morgan fingerprint density at radius 1 is 1.64 bits per heavy atom. The molecule has 78 valence electrons. The molecule has 4 heteroatoms. The Bertz CT molecular complexity index is 283. The Hall–Kier alpha value is -1.32. The van der Waals surface area contributed by atoms with Gasteiger partial charge >= 0.3 is 5.97 Å². The molecule has 1 heterocycles. The number of esters is 1. The lowest BCUT2D eigenvalue weighted by Crippen LogP contribution is -2.34. The largest absolute Gasteiger partial charge is 0.437 e. The van der Waals surface area contributed by atoms with Gasteiger partial charge in [-0.3, -0.25) is 9.59 Å². The van der Waals surface area contributed by atoms with E-state index < -0.39 is 6.23 Å². The van der Waals surface area contributed by atoms with Gasteiger partial charge in [-0.25, -0.2) is 0 Å². The predicted octanol–water partition coefficient (Wildman–Crippen LogP) is 1.07. The van der Waals surface area contributed by atoms with E-state index in [0.717, 1.165) is 12.0 Å². The van der Waals surface area contributed by atoms with Crippen LogP contribution in [0.25, 0.3) is 0 Å². The average Bonchev–Trinajstić information content (AvgIpc) is 2.33. The molecule has 0 aromatic rings. The zero-order chi connectivity index (χ0) is 10.7. The number of nitrogens with zero attached hydrogens (tertiary/aromatic N) is 1. The molecule has 1 amide bonds. The molecule has 0 aliphatic carbocycles. The van der Waals surface area contributed by atoms with Gasteiger partial charge in [0.05, 0.1) is 0 Å². The summed E-state index contributed by atoms with van der Waals surface area (Å²) in [4.78, 5) is 23.8. The standard InChI is InChI=1S/C10H15NO3/c1-4-5-9(13)14-10-7(2)6-8(12)11(10)3/h6,10H,4-5H2,1-3H3. The van der Waals surface area contributed by atoms with Gasteiger partial charge in [0, 0.05) is 19.5 Å². The highest BCUT2D eigenvalue weighted by molar-refractivity contribution is 5.91. The summed E-state index contributed by atoms with van der Waals surface area (Å²) in [7, 11) is 1.62. The second-order valence-corrected chi connectivity index (χ2v) is 3.43. The van der Waals surface area contributed by atoms with Crippen LogP contribution in [0.2, 0.25) is 0 Å². The van der Waals surface area contributed by atoms with Crippen molar-refractivity contribution < 1.29 is 14.3 Å². The Kier molecular flexibility index (Phi) is 3.28. The van der Waals surface area contributed by atoms with E-state index in [-0.39, 0.29) is 11.9 Å². The van der Waals surface area contributed by atoms with E-state index in [1.807, 2.05) is 6.92 Å². The highest BCUT2D eigenvalue weighted by Gasteiger charge is 2.29. The fourth-order valence-electron chi connectivity index (χ4n) is 1.35. The molecule has 1 aliphatic rings. The zero-order valence-corrected chi connectivity index (χ0v) is 8.74. The molecule has 0 aromatic heterocycles. The molecule has 0 fully saturated rings. The fraction of sp³-hybridized carbons (Fsp3) is 0.600. The monoisotopic (exact) mass is 197 g/mol. The van der Waals surface area contributed by atoms with Gasteiger partial charge in [-0.1, -0.05) is 6.92 Å². The Labute approximate surface area is 83.5 Å². The lowest BCUT2D eigenvalue weighted by atomic mass is 10.3. The van der Waals surface area contributed by atoms with Crippen LogP contribution < -0.4 is 0 Å². The van der Waals surface area contributed by atoms with E-state index in [0.29, 0.717) is 6.42 Å². The van der Waals surface area contributed by atoms with Crippen LogP contribution in [-0.2, 0) is 14.3 Å². The maximum Gasteiger partial charge on any atom is 0.307 e. The van der Waals surface area contributed by atoms with E-state index in [2.05, 4.69) is 0 Å². The summed E-state index contributed by atoms with van der Waals surface area (Å²) in [6.07, 6.45) is 2.14. The van der Waals surface area contributed by atoms with E-state index in [1.165, 1.54) is 11.0 Å². The Balaban J connectivity index is 2.57. The van der Waals surface area contributed by atoms with Crippen molar-refractivity contribution in [3.8, 4) is 0 Å². The van der Waals surface area contributed by atoms with E-state index in [1.54, 1.807) is 14.0 Å². The molecule has 0 saturated carbocycles. The molecule has 1 unspecified atom stereocenters. The smallest absolute Gasteiger partial charge is 0.307 e. The molecule has 14 heavy (non-hydrogen) atoms. The minimum atomic E-state index is -0.499. The Morgan fingerprint density at radius 2 is 2.29 bits per heavy atom. The Morgan fingerprint density at radius 3 is 2.71 bits per heavy atom. The summed E-state index contributed by atoms with van der Waals surface area (Å²) in [5.41, 5.74) is 0.780. The van der Waals surface area contributed by atoms with Crippen molar-refractivity contribution >= 4 is 11.9 Å². The van der Waals surface area contributed by atoms with Crippen molar-refractivity contribution in [1.29, 1.82) is 0 Å². The van der Waals surface area contributed by atoms with Crippen molar-refractivity contribution in [2.75, 3.05) is 7.05 Å². The van der Waals surface area contributed by atoms with Crippen molar-refractivity contribution in [2.45, 2.75) is 32.9 Å². The third-order valence-electron chi connectivity index (χ3n) is 2.14. The van der Waals surface area contributed by atoms with Crippen LogP contribution >= 0.6 is 0 Å². The molecule has 0 bridgehead atoms. The van der Waals surface area contributed by atoms with Gasteiger partial charge in [0.15, 0.2) is 6.23 Å². The number of hydrogen-bond donors (Lipinski definition) is 0. The van der Waals surface area contributed by atoms with Crippen molar-refractivity contribution in [3.05, 3.63) is 11.6 Å². The fourth-order valence-corrected chi connectivity index (χ4v) is 1.35. The van der Waals surface area contributed by atoms with Gasteiger partial charge in [-0.15, -0.1) is 0 Å². The highest BCUT2D eigenvalue weighted by atomic mass is 16.6. The second-order valence-electron chi connectivity index (χ2n) is 3.43. The summed E-state index contributed by atoms with van der Waals surface area (Å²) in [5, 5.41) is 0. The lowest BCUT2D eigenvalue weighted by Gasteiger charge is -2.21. The average molecular weight is 197 g/mol. The van der Waals surface area contributed by atoms with Gasteiger partial charge in [-0.05, 0) is 18.9 Å². The van der Waals surface area contributed by atoms with Gasteiger partial charge < -0.3 is 9.64 Å². The van der Waals surface area contributed by atoms with E-state index in [9.17, 15) is 9.59 Å². The molecular weight excluding hydrogens is 182 g/mol. The summed E-state index contributed by atoms with van der Waals surface area (Å²) in [5.74, 6) is -0.372. The van der Waals surface area contributed by atoms with Crippen molar-refractivity contribution in [1.82, 2.24) is 4.90 Å². The van der Waals surface area contributed by atoms with Crippen LogP contribution in [0.1, 0.15) is 26.7 Å². The summed E-state index contributed by atoms with van der Waals surface area (Å²) >= 11 is 0. The minimum Gasteiger partial charge on any atom is -0.437 e. The SMILES string of the molecule is CCCC(=O)OC1C(C)=CC(=O)N1C. The number of rotatable bonds is 3. The molecular formula is C10H15NO3. The normalized spacial score (nSPS) is 21.1. The summed E-state index contributed by atoms with van der Waals surface area (Å²) < 4.78 is 5.14. The molecule has 0 radical (unpaired) electrons. The third-order valence-corrected chi connectivity index (χ3v) is 2.14. The number of amides is 1. The number of likely N-dealkylation sites (N-methyl/N-ethyl adjacent to an activating group) is 1. The van der Waals surface area contributed by atoms with Gasteiger partial charge in [-0.2, -0.15) is 0 Å². The number of ether oxygens (including phenoxy) is 1. The molecule has 0 spiro atoms. The first-order valence-electron chi connectivity index (χ1n) is 4.70. The van der Waals surface area contributed by atoms with Crippen LogP contribution in [-0.4, -0.2) is 30.1 Å². The van der Waals surface area contributed by atoms with Crippen molar-refractivity contribution in [3.63, 3.8) is 0 Å². The van der Waals surface area contributed by atoms with E-state index in [4.69, 9.17) is 4.74 Å². The third kappa shape index (κ3) is 2.13. The maximum absolute atomic E-state index is 11.2. The lowest BCUT2D eigenvalue weighted by molar-refractivity contribution is -0.156. The summed E-state index contributed by atoms with van der Waals surface area (Å²) in [6.45, 7) is 3.69. The van der Waals surface area contributed by atoms with Crippen molar-refractivity contribution in [2.24, 2.45) is 0 Å². The number of carbonyl (C=O) groups is 2. The second kappa shape index (κ2) is 4.26. The first kappa shape index (κ1) is 10.8. The molecule has 1 rings (SSSR count). The molecule has 0 saturated heterocycles. The minimum absolute atomic E-state index is 0.114. The number of hydrogen-bond acceptors (Lipinski definition) is 3. The van der Waals surface area contributed by atoms with Crippen LogP contribution in [0, 0.1) is 0 Å². The summed E-state index contributed by atoms with van der Waals surface area (Å²) in [6, 6.07) is 0. The van der Waals surface area contributed by atoms with E-state index >= 15 is 0 Å².